The maximum Gasteiger partial charge on any atom is 0.287 e. The van der Waals surface area contributed by atoms with Crippen LogP contribution in [-0.4, -0.2) is 13.4 Å². The van der Waals surface area contributed by atoms with Gasteiger partial charge in [-0.3, -0.25) is 15.6 Å². The maximum absolute atomic E-state index is 14.5. The highest BCUT2D eigenvalue weighted by atomic mass is 32.2. The smallest absolute Gasteiger partial charge is 0.287 e. The second-order valence-electron chi connectivity index (χ2n) is 6.73. The topological polar surface area (TPSA) is 141 Å². The first-order valence-electron chi connectivity index (χ1n) is 8.55. The number of hydrogen-bond donors (Lipinski definition) is 3. The quantitative estimate of drug-likeness (QED) is 0.636. The molecule has 0 bridgehead atoms. The van der Waals surface area contributed by atoms with Crippen molar-refractivity contribution in [2.45, 2.75) is 49.8 Å². The molecule has 3 rings (SSSR count). The van der Waals surface area contributed by atoms with Crippen LogP contribution in [0.1, 0.15) is 49.6 Å². The fraction of sp³-hybridized carbons (Fsp3) is 0.438. The molecule has 0 amide bonds. The molecule has 0 aliphatic heterocycles. The highest BCUT2D eigenvalue weighted by Crippen LogP contribution is 2.38. The largest absolute Gasteiger partial charge is 0.441 e. The van der Waals surface area contributed by atoms with E-state index in [1.165, 1.54) is 12.5 Å². The van der Waals surface area contributed by atoms with Crippen LogP contribution in [-0.2, 0) is 14.6 Å². The van der Waals surface area contributed by atoms with E-state index in [0.29, 0.717) is 17.2 Å². The van der Waals surface area contributed by atoms with Gasteiger partial charge in [-0.05, 0) is 31.0 Å². The molecule has 0 unspecified atom stereocenters. The Balaban J connectivity index is 1.98. The van der Waals surface area contributed by atoms with Crippen molar-refractivity contribution in [2.24, 2.45) is 11.0 Å². The van der Waals surface area contributed by atoms with E-state index in [2.05, 4.69) is 4.98 Å². The zero-order valence-corrected chi connectivity index (χ0v) is 16.5. The van der Waals surface area contributed by atoms with Gasteiger partial charge < -0.3 is 4.42 Å². The summed E-state index contributed by atoms with van der Waals surface area (Å²) < 4.78 is 57.4. The summed E-state index contributed by atoms with van der Waals surface area (Å²) in [5.74, 6) is 0.117. The zero-order chi connectivity index (χ0) is 19.8. The van der Waals surface area contributed by atoms with Gasteiger partial charge in [0.05, 0.1) is 5.69 Å². The summed E-state index contributed by atoms with van der Waals surface area (Å²) in [5.41, 5.74) is 11.2. The number of oxazole rings is 1. The number of aryl methyl sites for hydroxylation is 1. The molecule has 1 aliphatic carbocycles. The fourth-order valence-corrected chi connectivity index (χ4v) is 5.86. The predicted molar refractivity (Wildman–Crippen MR) is 98.8 cm³/mol. The van der Waals surface area contributed by atoms with Gasteiger partial charge in [-0.2, -0.15) is 0 Å². The van der Waals surface area contributed by atoms with Gasteiger partial charge in [0.1, 0.15) is 10.7 Å². The molecule has 1 heterocycles. The number of aromatic nitrogens is 1. The molecule has 148 valence electrons. The van der Waals surface area contributed by atoms with E-state index in [-0.39, 0.29) is 5.92 Å². The molecule has 0 saturated heterocycles. The van der Waals surface area contributed by atoms with E-state index in [1.54, 1.807) is 11.4 Å². The van der Waals surface area contributed by atoms with Crippen LogP contribution >= 0.6 is 7.59 Å². The van der Waals surface area contributed by atoms with Gasteiger partial charge in [0.2, 0.25) is 0 Å². The molecule has 2 aromatic rings. The normalized spacial score (nSPS) is 16.6. The van der Waals surface area contributed by atoms with Gasteiger partial charge in [0, 0.05) is 18.4 Å². The number of halogens is 1. The Morgan fingerprint density at radius 3 is 2.52 bits per heavy atom. The van der Waals surface area contributed by atoms with Crippen molar-refractivity contribution >= 4 is 17.6 Å². The molecule has 1 saturated carbocycles. The van der Waals surface area contributed by atoms with Crippen LogP contribution < -0.4 is 15.5 Å². The SMILES string of the molecule is Cc1nc(C2CCCCC2)c(-c2ccc(S(=O)(=O)NP(N)(N)=O)c(F)c2)o1. The summed E-state index contributed by atoms with van der Waals surface area (Å²) in [6, 6.07) is 3.53. The summed E-state index contributed by atoms with van der Waals surface area (Å²) in [7, 11) is -8.56. The Morgan fingerprint density at radius 2 is 1.93 bits per heavy atom. The molecule has 1 aliphatic rings. The average molecular weight is 416 g/mol. The van der Waals surface area contributed by atoms with E-state index in [1.807, 2.05) is 0 Å². The zero-order valence-electron chi connectivity index (χ0n) is 14.8. The van der Waals surface area contributed by atoms with Crippen molar-refractivity contribution < 1.29 is 21.8 Å². The molecule has 27 heavy (non-hydrogen) atoms. The maximum atomic E-state index is 14.5. The summed E-state index contributed by atoms with van der Waals surface area (Å²) >= 11 is 0. The minimum absolute atomic E-state index is 0.236. The first kappa shape index (κ1) is 20.2. The van der Waals surface area contributed by atoms with Crippen molar-refractivity contribution in [3.63, 3.8) is 0 Å². The van der Waals surface area contributed by atoms with Crippen molar-refractivity contribution in [1.29, 1.82) is 0 Å². The lowest BCUT2D eigenvalue weighted by atomic mass is 9.85. The van der Waals surface area contributed by atoms with Crippen LogP contribution in [0.2, 0.25) is 0 Å². The molecular formula is C16H22FN4O4PS. The third kappa shape index (κ3) is 4.64. The molecule has 1 aromatic carbocycles. The lowest BCUT2D eigenvalue weighted by molar-refractivity contribution is 0.436. The molecular weight excluding hydrogens is 394 g/mol. The number of nitrogens with zero attached hydrogens (tertiary/aromatic N) is 1. The number of benzene rings is 1. The highest BCUT2D eigenvalue weighted by Gasteiger charge is 2.28. The summed E-state index contributed by atoms with van der Waals surface area (Å²) in [4.78, 5) is 3.77. The van der Waals surface area contributed by atoms with E-state index < -0.39 is 28.3 Å². The van der Waals surface area contributed by atoms with Gasteiger partial charge in [-0.25, -0.2) is 17.8 Å². The molecule has 1 aromatic heterocycles. The monoisotopic (exact) mass is 416 g/mol. The first-order valence-corrected chi connectivity index (χ1v) is 11.9. The molecule has 8 nitrogen and oxygen atoms in total. The minimum atomic E-state index is -4.46. The number of nitrogens with two attached hydrogens (primary N) is 2. The van der Waals surface area contributed by atoms with Crippen molar-refractivity contribution in [3.8, 4) is 11.3 Å². The van der Waals surface area contributed by atoms with Gasteiger partial charge in [-0.15, -0.1) is 4.49 Å². The number of hydrogen-bond acceptors (Lipinski definition) is 5. The Labute approximate surface area is 157 Å². The van der Waals surface area contributed by atoms with Crippen LogP contribution in [0.4, 0.5) is 4.39 Å². The molecule has 0 spiro atoms. The van der Waals surface area contributed by atoms with Crippen LogP contribution in [0.5, 0.6) is 0 Å². The third-order valence-electron chi connectivity index (χ3n) is 4.50. The Hall–Kier alpha value is -1.58. The number of rotatable bonds is 5. The lowest BCUT2D eigenvalue weighted by Crippen LogP contribution is -2.29. The van der Waals surface area contributed by atoms with E-state index in [0.717, 1.165) is 43.5 Å². The Bertz CT molecular complexity index is 996. The first-order chi connectivity index (χ1) is 12.6. The van der Waals surface area contributed by atoms with Crippen LogP contribution in [0.15, 0.2) is 27.5 Å². The van der Waals surface area contributed by atoms with E-state index >= 15 is 0 Å². The van der Waals surface area contributed by atoms with E-state index in [9.17, 15) is 17.4 Å². The average Bonchev–Trinajstić information content (AvgIpc) is 2.95. The second kappa shape index (κ2) is 7.44. The van der Waals surface area contributed by atoms with Crippen molar-refractivity contribution in [1.82, 2.24) is 9.48 Å². The fourth-order valence-electron chi connectivity index (χ4n) is 3.40. The second-order valence-corrected chi connectivity index (χ2v) is 10.3. The van der Waals surface area contributed by atoms with Gasteiger partial charge in [0.25, 0.3) is 17.6 Å². The van der Waals surface area contributed by atoms with Crippen molar-refractivity contribution in [3.05, 3.63) is 35.6 Å². The summed E-state index contributed by atoms with van der Waals surface area (Å²) in [6.07, 6.45) is 5.36. The summed E-state index contributed by atoms with van der Waals surface area (Å²) in [5, 5.41) is 0. The summed E-state index contributed by atoms with van der Waals surface area (Å²) in [6.45, 7) is 1.72. The number of sulfonamides is 1. The Kier molecular flexibility index (Phi) is 5.56. The third-order valence-corrected chi connectivity index (χ3v) is 7.51. The lowest BCUT2D eigenvalue weighted by Gasteiger charge is -2.20. The van der Waals surface area contributed by atoms with Gasteiger partial charge >= 0.3 is 0 Å². The van der Waals surface area contributed by atoms with Crippen LogP contribution in [0.3, 0.4) is 0 Å². The number of nitrogens with one attached hydrogen (secondary N) is 1. The molecule has 0 radical (unpaired) electrons. The van der Waals surface area contributed by atoms with Gasteiger partial charge in [0.15, 0.2) is 11.7 Å². The van der Waals surface area contributed by atoms with E-state index in [4.69, 9.17) is 15.4 Å². The van der Waals surface area contributed by atoms with Crippen LogP contribution in [0.25, 0.3) is 11.3 Å². The minimum Gasteiger partial charge on any atom is -0.441 e. The predicted octanol–water partition coefficient (Wildman–Crippen LogP) is 3.14. The molecule has 11 heteroatoms. The standard InChI is InChI=1S/C16H22FN4O4PS/c1-10-20-15(11-5-3-2-4-6-11)16(25-10)12-7-8-14(13(17)9-12)27(23,24)21-26(18,19)22/h7-9,11H,2-6H2,1H3,(H5,18,19,21,22). The molecule has 5 N–H and O–H groups in total. The highest BCUT2D eigenvalue weighted by molar-refractivity contribution is 7.95. The molecule has 1 fully saturated rings. The Morgan fingerprint density at radius 1 is 1.26 bits per heavy atom. The van der Waals surface area contributed by atoms with Gasteiger partial charge in [-0.1, -0.05) is 19.3 Å². The molecule has 0 atom stereocenters. The van der Waals surface area contributed by atoms with Crippen molar-refractivity contribution in [2.75, 3.05) is 0 Å². The van der Waals surface area contributed by atoms with Crippen LogP contribution in [0, 0.1) is 12.7 Å².